The van der Waals surface area contributed by atoms with E-state index >= 15 is 0 Å². The molecule has 0 amide bonds. The highest BCUT2D eigenvalue weighted by Gasteiger charge is 2.42. The van der Waals surface area contributed by atoms with Crippen molar-refractivity contribution in [2.24, 2.45) is 0 Å². The average Bonchev–Trinajstić information content (AvgIpc) is 3.40. The van der Waals surface area contributed by atoms with E-state index in [0.29, 0.717) is 29.1 Å². The van der Waals surface area contributed by atoms with Crippen LogP contribution in [0.3, 0.4) is 0 Å². The van der Waals surface area contributed by atoms with Crippen LogP contribution in [0.1, 0.15) is 45.9 Å². The molecule has 4 aromatic rings. The van der Waals surface area contributed by atoms with Gasteiger partial charge in [0.05, 0.1) is 29.4 Å². The third kappa shape index (κ3) is 5.39. The molecule has 1 fully saturated rings. The van der Waals surface area contributed by atoms with Crippen LogP contribution in [0.25, 0.3) is 5.69 Å². The maximum Gasteiger partial charge on any atom is 0.174 e. The van der Waals surface area contributed by atoms with Crippen LogP contribution in [0.2, 0.25) is 5.02 Å². The molecule has 0 radical (unpaired) electrons. The molecule has 2 atom stereocenters. The van der Waals surface area contributed by atoms with Gasteiger partial charge in [-0.2, -0.15) is 0 Å². The number of aromatic nitrogens is 2. The monoisotopic (exact) mass is 560 g/mol. The van der Waals surface area contributed by atoms with Crippen molar-refractivity contribution < 1.29 is 9.47 Å². The van der Waals surface area contributed by atoms with Gasteiger partial charge in [-0.05, 0) is 105 Å². The standard InChI is InChI=1S/C31H33ClN4O2S/c1-19-14-20(2)16-24(15-19)35-21(3)17-25(22(35)4)30-29(27-8-6-7-11-33-27)34-31(39)36(30)23-9-10-28(26(32)18-23)38-13-12-37-5/h6-11,14-18,29-30H,12-13H2,1-5H3,(H,34,39)/t29-,30+/m0/s1. The molecule has 1 aliphatic heterocycles. The number of nitrogens with zero attached hydrogens (tertiary/aromatic N) is 3. The zero-order valence-electron chi connectivity index (χ0n) is 22.9. The summed E-state index contributed by atoms with van der Waals surface area (Å²) in [6.45, 7) is 9.51. The minimum Gasteiger partial charge on any atom is -0.490 e. The van der Waals surface area contributed by atoms with Gasteiger partial charge in [0, 0.05) is 36.1 Å². The molecule has 0 spiro atoms. The second kappa shape index (κ2) is 11.4. The second-order valence-corrected chi connectivity index (χ2v) is 10.8. The summed E-state index contributed by atoms with van der Waals surface area (Å²) in [7, 11) is 1.64. The third-order valence-electron chi connectivity index (χ3n) is 7.09. The van der Waals surface area contributed by atoms with Crippen molar-refractivity contribution in [3.63, 3.8) is 0 Å². The normalized spacial score (nSPS) is 17.0. The van der Waals surface area contributed by atoms with E-state index in [1.807, 2.05) is 42.6 Å². The number of hydrogen-bond donors (Lipinski definition) is 1. The highest BCUT2D eigenvalue weighted by molar-refractivity contribution is 7.80. The lowest BCUT2D eigenvalue weighted by Crippen LogP contribution is -2.29. The zero-order valence-corrected chi connectivity index (χ0v) is 24.4. The van der Waals surface area contributed by atoms with Crippen molar-refractivity contribution >= 4 is 34.6 Å². The topological polar surface area (TPSA) is 51.6 Å². The first-order valence-corrected chi connectivity index (χ1v) is 13.8. The third-order valence-corrected chi connectivity index (χ3v) is 7.70. The van der Waals surface area contributed by atoms with Crippen molar-refractivity contribution in [3.8, 4) is 11.4 Å². The van der Waals surface area contributed by atoms with Crippen molar-refractivity contribution in [3.05, 3.63) is 106 Å². The molecule has 8 heteroatoms. The SMILES string of the molecule is COCCOc1ccc(N2C(=S)N[C@@H](c3ccccn3)[C@H]2c2cc(C)n(-c3cc(C)cc(C)c3)c2C)cc1Cl. The molecule has 1 aliphatic rings. The van der Waals surface area contributed by atoms with Crippen LogP contribution in [0, 0.1) is 27.7 Å². The van der Waals surface area contributed by atoms with Crippen LogP contribution in [-0.4, -0.2) is 35.0 Å². The van der Waals surface area contributed by atoms with Gasteiger partial charge < -0.3 is 24.3 Å². The van der Waals surface area contributed by atoms with Crippen molar-refractivity contribution in [2.45, 2.75) is 39.8 Å². The van der Waals surface area contributed by atoms with E-state index in [-0.39, 0.29) is 12.1 Å². The number of hydrogen-bond acceptors (Lipinski definition) is 4. The van der Waals surface area contributed by atoms with Gasteiger partial charge in [0.25, 0.3) is 0 Å². The van der Waals surface area contributed by atoms with Gasteiger partial charge in [-0.1, -0.05) is 23.7 Å². The Kier molecular flexibility index (Phi) is 7.93. The largest absolute Gasteiger partial charge is 0.490 e. The smallest absolute Gasteiger partial charge is 0.174 e. The van der Waals surface area contributed by atoms with E-state index in [1.165, 1.54) is 16.7 Å². The fourth-order valence-electron chi connectivity index (χ4n) is 5.50. The summed E-state index contributed by atoms with van der Waals surface area (Å²) in [5, 5.41) is 4.69. The van der Waals surface area contributed by atoms with Crippen LogP contribution in [0.15, 0.2) is 66.9 Å². The van der Waals surface area contributed by atoms with E-state index in [9.17, 15) is 0 Å². The number of pyridine rings is 1. The van der Waals surface area contributed by atoms with Gasteiger partial charge in [0.1, 0.15) is 12.4 Å². The van der Waals surface area contributed by atoms with Gasteiger partial charge in [0.15, 0.2) is 5.11 Å². The molecule has 3 heterocycles. The Morgan fingerprint density at radius 3 is 2.38 bits per heavy atom. The molecule has 0 saturated carbocycles. The first kappa shape index (κ1) is 27.2. The van der Waals surface area contributed by atoms with E-state index in [2.05, 4.69) is 66.7 Å². The van der Waals surface area contributed by atoms with Gasteiger partial charge in [-0.3, -0.25) is 4.98 Å². The van der Waals surface area contributed by atoms with Crippen LogP contribution < -0.4 is 15.0 Å². The minimum absolute atomic E-state index is 0.144. The molecule has 1 N–H and O–H groups in total. The van der Waals surface area contributed by atoms with E-state index in [0.717, 1.165) is 28.5 Å². The second-order valence-electron chi connectivity index (χ2n) is 9.96. The first-order valence-electron chi connectivity index (χ1n) is 13.0. The van der Waals surface area contributed by atoms with Crippen LogP contribution in [-0.2, 0) is 4.74 Å². The minimum atomic E-state index is -0.150. The molecular formula is C31H33ClN4O2S. The van der Waals surface area contributed by atoms with Gasteiger partial charge >= 0.3 is 0 Å². The Bertz CT molecular complexity index is 1480. The summed E-state index contributed by atoms with van der Waals surface area (Å²) >= 11 is 12.6. The summed E-state index contributed by atoms with van der Waals surface area (Å²) in [6, 6.07) is 20.4. The maximum atomic E-state index is 6.68. The van der Waals surface area contributed by atoms with Gasteiger partial charge in [0.2, 0.25) is 0 Å². The highest BCUT2D eigenvalue weighted by atomic mass is 35.5. The van der Waals surface area contributed by atoms with Crippen molar-refractivity contribution in [2.75, 3.05) is 25.2 Å². The molecular weight excluding hydrogens is 528 g/mol. The molecule has 202 valence electrons. The Morgan fingerprint density at radius 2 is 1.72 bits per heavy atom. The molecule has 2 aromatic heterocycles. The number of benzene rings is 2. The molecule has 1 saturated heterocycles. The molecule has 6 nitrogen and oxygen atoms in total. The summed E-state index contributed by atoms with van der Waals surface area (Å²) in [5.41, 5.74) is 8.92. The van der Waals surface area contributed by atoms with Crippen molar-refractivity contribution in [1.29, 1.82) is 0 Å². The number of anilines is 1. The molecule has 39 heavy (non-hydrogen) atoms. The lowest BCUT2D eigenvalue weighted by Gasteiger charge is -2.28. The summed E-state index contributed by atoms with van der Waals surface area (Å²) < 4.78 is 13.2. The molecule has 5 rings (SSSR count). The van der Waals surface area contributed by atoms with Crippen LogP contribution in [0.4, 0.5) is 5.69 Å². The predicted molar refractivity (Wildman–Crippen MR) is 161 cm³/mol. The number of halogens is 1. The lowest BCUT2D eigenvalue weighted by molar-refractivity contribution is 0.146. The van der Waals surface area contributed by atoms with E-state index in [4.69, 9.17) is 38.3 Å². The van der Waals surface area contributed by atoms with E-state index < -0.39 is 0 Å². The number of aryl methyl sites for hydroxylation is 3. The van der Waals surface area contributed by atoms with Gasteiger partial charge in [-0.15, -0.1) is 0 Å². The van der Waals surface area contributed by atoms with Crippen LogP contribution in [0.5, 0.6) is 5.75 Å². The molecule has 2 aromatic carbocycles. The fraction of sp³-hybridized carbons (Fsp3) is 0.290. The molecule has 0 bridgehead atoms. The number of nitrogens with one attached hydrogen (secondary N) is 1. The number of thiocarbonyl (C=S) groups is 1. The predicted octanol–water partition coefficient (Wildman–Crippen LogP) is 6.96. The molecule has 0 unspecified atom stereocenters. The number of rotatable bonds is 8. The fourth-order valence-corrected chi connectivity index (χ4v) is 6.08. The highest BCUT2D eigenvalue weighted by Crippen LogP contribution is 2.45. The number of methoxy groups -OCH3 is 1. The first-order chi connectivity index (χ1) is 18.8. The van der Waals surface area contributed by atoms with Crippen LogP contribution >= 0.6 is 23.8 Å². The Morgan fingerprint density at radius 1 is 0.949 bits per heavy atom. The average molecular weight is 561 g/mol. The maximum absolute atomic E-state index is 6.68. The zero-order chi connectivity index (χ0) is 27.7. The molecule has 0 aliphatic carbocycles. The van der Waals surface area contributed by atoms with Crippen molar-refractivity contribution in [1.82, 2.24) is 14.9 Å². The Balaban J connectivity index is 1.62. The lowest BCUT2D eigenvalue weighted by atomic mass is 9.96. The Hall–Kier alpha value is -3.39. The Labute approximate surface area is 240 Å². The van der Waals surface area contributed by atoms with E-state index in [1.54, 1.807) is 7.11 Å². The number of ether oxygens (including phenoxy) is 2. The summed E-state index contributed by atoms with van der Waals surface area (Å²) in [6.07, 6.45) is 1.82. The summed E-state index contributed by atoms with van der Waals surface area (Å²) in [5.74, 6) is 0.612. The van der Waals surface area contributed by atoms with Gasteiger partial charge in [-0.25, -0.2) is 0 Å². The quantitative estimate of drug-likeness (QED) is 0.186. The summed E-state index contributed by atoms with van der Waals surface area (Å²) in [4.78, 5) is 6.85.